The summed E-state index contributed by atoms with van der Waals surface area (Å²) in [6.07, 6.45) is -2.05. The molecule has 16 heteroatoms. The van der Waals surface area contributed by atoms with Crippen LogP contribution in [0, 0.1) is 5.92 Å². The van der Waals surface area contributed by atoms with E-state index in [4.69, 9.17) is 24.8 Å². The van der Waals surface area contributed by atoms with Gasteiger partial charge in [0.2, 0.25) is 5.91 Å². The lowest BCUT2D eigenvalue weighted by Crippen LogP contribution is -2.40. The highest BCUT2D eigenvalue weighted by Crippen LogP contribution is 2.28. The molecule has 0 radical (unpaired) electrons. The van der Waals surface area contributed by atoms with Crippen LogP contribution in [0.3, 0.4) is 0 Å². The lowest BCUT2D eigenvalue weighted by atomic mass is 9.95. The number of likely N-dealkylation sites (tertiary alicyclic amines) is 1. The minimum Gasteiger partial charge on any atom is -0.475 e. The number of aryl methyl sites for hydroxylation is 1. The molecule has 1 aliphatic heterocycles. The zero-order valence-electron chi connectivity index (χ0n) is 27.3. The van der Waals surface area contributed by atoms with Crippen molar-refractivity contribution in [2.24, 2.45) is 13.0 Å². The van der Waals surface area contributed by atoms with Gasteiger partial charge in [0, 0.05) is 31.1 Å². The fourth-order valence-electron chi connectivity index (χ4n) is 5.02. The highest BCUT2D eigenvalue weighted by Gasteiger charge is 2.39. The lowest BCUT2D eigenvalue weighted by molar-refractivity contribution is -0.193. The Morgan fingerprint density at radius 3 is 1.96 bits per heavy atom. The lowest BCUT2D eigenvalue weighted by Gasteiger charge is -2.29. The van der Waals surface area contributed by atoms with Gasteiger partial charge < -0.3 is 29.8 Å². The van der Waals surface area contributed by atoms with Crippen molar-refractivity contribution in [3.63, 3.8) is 0 Å². The molecule has 1 aromatic heterocycles. The second kappa shape index (κ2) is 18.3. The van der Waals surface area contributed by atoms with Gasteiger partial charge in [0.1, 0.15) is 11.6 Å². The number of hydrogen-bond donors (Lipinski definition) is 3. The van der Waals surface area contributed by atoms with Crippen molar-refractivity contribution in [2.75, 3.05) is 20.1 Å². The molecule has 1 amide bonds. The SMILES string of the molecule is CC(=O)CCCCC[C@H](NC(=O)C1CCN(C)CC1)c1nc(-c2ccc3ccccc3c2)cn1C.O=C(O)C(F)(F)F.O=C(O)C(F)(F)F. The molecule has 4 rings (SSSR count). The van der Waals surface area contributed by atoms with Gasteiger partial charge in [-0.05, 0) is 69.6 Å². The first-order valence-electron chi connectivity index (χ1n) is 15.4. The van der Waals surface area contributed by atoms with E-state index in [1.807, 2.05) is 7.05 Å². The van der Waals surface area contributed by atoms with E-state index in [1.54, 1.807) is 6.92 Å². The number of unbranched alkanes of at least 4 members (excludes halogenated alkanes) is 2. The smallest absolute Gasteiger partial charge is 0.475 e. The molecular weight excluding hydrogens is 662 g/mol. The Morgan fingerprint density at radius 2 is 1.43 bits per heavy atom. The molecule has 2 aromatic carbocycles. The fourth-order valence-corrected chi connectivity index (χ4v) is 5.02. The summed E-state index contributed by atoms with van der Waals surface area (Å²) >= 11 is 0. The average molecular weight is 703 g/mol. The first-order valence-corrected chi connectivity index (χ1v) is 15.4. The second-order valence-electron chi connectivity index (χ2n) is 11.7. The molecule has 0 bridgehead atoms. The van der Waals surface area contributed by atoms with Crippen LogP contribution in [-0.4, -0.2) is 80.8 Å². The Hall–Kier alpha value is -4.47. The second-order valence-corrected chi connectivity index (χ2v) is 11.7. The van der Waals surface area contributed by atoms with Gasteiger partial charge in [0.15, 0.2) is 0 Å². The maximum absolute atomic E-state index is 13.2. The molecular formula is C33H40F6N4O6. The van der Waals surface area contributed by atoms with Crippen molar-refractivity contribution in [3.8, 4) is 11.3 Å². The maximum Gasteiger partial charge on any atom is 0.490 e. The number of piperidine rings is 1. The number of alkyl halides is 6. The number of carboxylic acid groups (broad SMARTS) is 2. The largest absolute Gasteiger partial charge is 0.490 e. The van der Waals surface area contributed by atoms with Gasteiger partial charge in [0.05, 0.1) is 11.7 Å². The minimum atomic E-state index is -5.08. The zero-order valence-corrected chi connectivity index (χ0v) is 27.3. The van der Waals surface area contributed by atoms with E-state index in [0.29, 0.717) is 6.42 Å². The number of nitrogens with one attached hydrogen (secondary N) is 1. The first kappa shape index (κ1) is 40.7. The van der Waals surface area contributed by atoms with Crippen molar-refractivity contribution >= 4 is 34.4 Å². The summed E-state index contributed by atoms with van der Waals surface area (Å²) in [4.78, 5) is 49.6. The number of imidazole rings is 1. The van der Waals surface area contributed by atoms with Crippen LogP contribution < -0.4 is 5.32 Å². The van der Waals surface area contributed by atoms with Crippen LogP contribution in [0.5, 0.6) is 0 Å². The fraction of sp³-hybridized carbons (Fsp3) is 0.485. The number of Topliss-reactive ketones (excluding diaryl/α,β-unsaturated/α-hetero) is 1. The highest BCUT2D eigenvalue weighted by atomic mass is 19.4. The van der Waals surface area contributed by atoms with Gasteiger partial charge in [-0.1, -0.05) is 49.2 Å². The molecule has 3 aromatic rings. The number of fused-ring (bicyclic) bond motifs is 1. The number of aromatic nitrogens is 2. The molecule has 2 heterocycles. The van der Waals surface area contributed by atoms with E-state index in [1.165, 1.54) is 10.8 Å². The third-order valence-electron chi connectivity index (χ3n) is 7.68. The van der Waals surface area contributed by atoms with Crippen LogP contribution in [-0.2, 0) is 26.2 Å². The van der Waals surface area contributed by atoms with E-state index in [-0.39, 0.29) is 23.7 Å². The Bertz CT molecular complexity index is 1540. The number of ketones is 1. The molecule has 0 spiro atoms. The summed E-state index contributed by atoms with van der Waals surface area (Å²) in [5.41, 5.74) is 2.00. The number of amides is 1. The molecule has 49 heavy (non-hydrogen) atoms. The van der Waals surface area contributed by atoms with Gasteiger partial charge in [-0.15, -0.1) is 0 Å². The molecule has 10 nitrogen and oxygen atoms in total. The van der Waals surface area contributed by atoms with Crippen molar-refractivity contribution in [1.29, 1.82) is 0 Å². The average Bonchev–Trinajstić information content (AvgIpc) is 3.41. The number of benzene rings is 2. The topological polar surface area (TPSA) is 142 Å². The summed E-state index contributed by atoms with van der Waals surface area (Å²) < 4.78 is 65.5. The molecule has 1 fully saturated rings. The number of carbonyl (C=O) groups excluding carboxylic acids is 2. The summed E-state index contributed by atoms with van der Waals surface area (Å²) in [6, 6.07) is 14.6. The number of hydrogen-bond acceptors (Lipinski definition) is 6. The third-order valence-corrected chi connectivity index (χ3v) is 7.68. The van der Waals surface area contributed by atoms with E-state index >= 15 is 0 Å². The number of carboxylic acids is 2. The molecule has 3 N–H and O–H groups in total. The first-order chi connectivity index (χ1) is 22.8. The number of nitrogens with zero attached hydrogens (tertiary/aromatic N) is 3. The summed E-state index contributed by atoms with van der Waals surface area (Å²) in [5, 5.41) is 20.0. The van der Waals surface area contributed by atoms with Gasteiger partial charge in [0.25, 0.3) is 0 Å². The van der Waals surface area contributed by atoms with Gasteiger partial charge in [-0.2, -0.15) is 26.3 Å². The van der Waals surface area contributed by atoms with Crippen LogP contribution >= 0.6 is 0 Å². The van der Waals surface area contributed by atoms with Gasteiger partial charge in [-0.3, -0.25) is 4.79 Å². The van der Waals surface area contributed by atoms with Crippen LogP contribution in [0.2, 0.25) is 0 Å². The Labute approximate surface area is 279 Å². The molecule has 0 aliphatic carbocycles. The molecule has 270 valence electrons. The van der Waals surface area contributed by atoms with E-state index in [9.17, 15) is 35.9 Å². The summed E-state index contributed by atoms with van der Waals surface area (Å²) in [5.74, 6) is -4.18. The van der Waals surface area contributed by atoms with Crippen LogP contribution in [0.1, 0.15) is 63.7 Å². The van der Waals surface area contributed by atoms with Crippen LogP contribution in [0.15, 0.2) is 48.7 Å². The third kappa shape index (κ3) is 13.9. The van der Waals surface area contributed by atoms with Crippen molar-refractivity contribution < 1.29 is 55.7 Å². The minimum absolute atomic E-state index is 0.0617. The van der Waals surface area contributed by atoms with E-state index in [0.717, 1.165) is 68.7 Å². The van der Waals surface area contributed by atoms with Gasteiger partial charge in [-0.25, -0.2) is 14.6 Å². The molecule has 0 saturated carbocycles. The van der Waals surface area contributed by atoms with Crippen molar-refractivity contribution in [2.45, 2.75) is 70.3 Å². The quantitative estimate of drug-likeness (QED) is 0.160. The standard InChI is InChI=1S/C29H38N4O2.2C2HF3O2/c1-21(34)9-5-4-6-12-26(31-29(35)23-15-17-32(2)18-16-23)28-30-27(20-33(28)3)25-14-13-22-10-7-8-11-24(22)19-25;2*3-2(4,5)1(6)7/h7-8,10-11,13-14,19-20,23,26H,4-6,9,12,15-18H2,1-3H3,(H,31,35);2*(H,6,7)/t26-;;/m0../s1. The normalized spacial score (nSPS) is 14.6. The van der Waals surface area contributed by atoms with Crippen LogP contribution in [0.4, 0.5) is 26.3 Å². The number of rotatable bonds is 10. The highest BCUT2D eigenvalue weighted by molar-refractivity contribution is 5.86. The molecule has 1 saturated heterocycles. The number of carbonyl (C=O) groups is 4. The Balaban J connectivity index is 0.000000500. The van der Waals surface area contributed by atoms with Crippen molar-refractivity contribution in [3.05, 3.63) is 54.5 Å². The van der Waals surface area contributed by atoms with E-state index < -0.39 is 24.3 Å². The monoisotopic (exact) mass is 702 g/mol. The summed E-state index contributed by atoms with van der Waals surface area (Å²) in [6.45, 7) is 3.57. The molecule has 1 aliphatic rings. The summed E-state index contributed by atoms with van der Waals surface area (Å²) in [7, 11) is 4.12. The predicted molar refractivity (Wildman–Crippen MR) is 168 cm³/mol. The predicted octanol–water partition coefficient (Wildman–Crippen LogP) is 6.55. The Morgan fingerprint density at radius 1 is 0.878 bits per heavy atom. The Kier molecular flexibility index (Phi) is 15.2. The zero-order chi connectivity index (χ0) is 36.9. The van der Waals surface area contributed by atoms with Crippen LogP contribution in [0.25, 0.3) is 22.0 Å². The molecule has 1 atom stereocenters. The number of halogens is 6. The van der Waals surface area contributed by atoms with Crippen molar-refractivity contribution in [1.82, 2.24) is 19.8 Å². The van der Waals surface area contributed by atoms with Gasteiger partial charge >= 0.3 is 24.3 Å². The van der Waals surface area contributed by atoms with E-state index in [2.05, 4.69) is 70.5 Å². The number of aliphatic carboxylic acids is 2. The maximum atomic E-state index is 13.2. The molecule has 0 unspecified atom stereocenters.